The molecule has 1 saturated heterocycles. The smallest absolute Gasteiger partial charge is 0.232 e. The van der Waals surface area contributed by atoms with E-state index in [2.05, 4.69) is 13.8 Å². The fourth-order valence-corrected chi connectivity index (χ4v) is 2.98. The van der Waals surface area contributed by atoms with Gasteiger partial charge in [-0.1, -0.05) is 20.8 Å². The molecule has 1 amide bonds. The summed E-state index contributed by atoms with van der Waals surface area (Å²) in [6.07, 6.45) is 1.75. The fourth-order valence-electron chi connectivity index (χ4n) is 1.85. The summed E-state index contributed by atoms with van der Waals surface area (Å²) < 4.78 is 0. The molecular weight excluding hydrogens is 234 g/mol. The molecule has 17 heavy (non-hydrogen) atoms. The van der Waals surface area contributed by atoms with Gasteiger partial charge in [0.1, 0.15) is 0 Å². The van der Waals surface area contributed by atoms with Crippen molar-refractivity contribution in [1.29, 1.82) is 0 Å². The molecule has 0 radical (unpaired) electrons. The quantitative estimate of drug-likeness (QED) is 0.768. The van der Waals surface area contributed by atoms with Crippen LogP contribution in [0.3, 0.4) is 0 Å². The molecule has 4 heteroatoms. The predicted octanol–water partition coefficient (Wildman–Crippen LogP) is 2.00. The Morgan fingerprint density at radius 1 is 1.53 bits per heavy atom. The molecule has 0 aromatic heterocycles. The highest BCUT2D eigenvalue weighted by Gasteiger charge is 2.26. The lowest BCUT2D eigenvalue weighted by atomic mass is 9.96. The van der Waals surface area contributed by atoms with Gasteiger partial charge in [0.15, 0.2) is 0 Å². The molecule has 1 aliphatic rings. The summed E-state index contributed by atoms with van der Waals surface area (Å²) in [7, 11) is 0. The molecule has 0 bridgehead atoms. The molecule has 1 rings (SSSR count). The van der Waals surface area contributed by atoms with Gasteiger partial charge < -0.3 is 10.0 Å². The van der Waals surface area contributed by atoms with Crippen molar-refractivity contribution in [3.8, 4) is 0 Å². The molecule has 1 aliphatic heterocycles. The number of rotatable bonds is 5. The van der Waals surface area contributed by atoms with E-state index in [1.165, 1.54) is 0 Å². The zero-order valence-electron chi connectivity index (χ0n) is 11.2. The first-order chi connectivity index (χ1) is 8.00. The maximum atomic E-state index is 11.9. The summed E-state index contributed by atoms with van der Waals surface area (Å²) in [5.41, 5.74) is 0. The summed E-state index contributed by atoms with van der Waals surface area (Å²) in [4.78, 5) is 13.7. The Hall–Kier alpha value is -0.220. The Morgan fingerprint density at radius 2 is 2.24 bits per heavy atom. The third kappa shape index (κ3) is 5.30. The van der Waals surface area contributed by atoms with Crippen LogP contribution in [0.25, 0.3) is 0 Å². The number of aliphatic hydroxyl groups is 1. The summed E-state index contributed by atoms with van der Waals surface area (Å²) in [6, 6.07) is 0. The maximum Gasteiger partial charge on any atom is 0.232 e. The number of aliphatic hydroxyl groups excluding tert-OH is 1. The first-order valence-corrected chi connectivity index (χ1v) is 7.69. The van der Waals surface area contributed by atoms with Gasteiger partial charge in [-0.2, -0.15) is 11.8 Å². The largest absolute Gasteiger partial charge is 0.391 e. The zero-order chi connectivity index (χ0) is 12.8. The van der Waals surface area contributed by atoms with Crippen molar-refractivity contribution in [2.75, 3.05) is 24.6 Å². The van der Waals surface area contributed by atoms with Gasteiger partial charge in [-0.15, -0.1) is 0 Å². The Bertz CT molecular complexity index is 246. The monoisotopic (exact) mass is 259 g/mol. The van der Waals surface area contributed by atoms with Crippen LogP contribution in [0, 0.1) is 11.8 Å². The van der Waals surface area contributed by atoms with E-state index in [4.69, 9.17) is 0 Å². The van der Waals surface area contributed by atoms with Crippen LogP contribution >= 0.6 is 11.8 Å². The lowest BCUT2D eigenvalue weighted by Crippen LogP contribution is -2.46. The molecule has 1 fully saturated rings. The number of β-amino-alcohol motifs (C(OH)–C–C–N with tert-alkyl or cyclic N) is 1. The molecule has 2 atom stereocenters. The van der Waals surface area contributed by atoms with Crippen LogP contribution in [0.2, 0.25) is 0 Å². The van der Waals surface area contributed by atoms with Crippen molar-refractivity contribution in [2.24, 2.45) is 11.8 Å². The van der Waals surface area contributed by atoms with Crippen LogP contribution in [-0.2, 0) is 4.79 Å². The molecule has 1 heterocycles. The van der Waals surface area contributed by atoms with E-state index < -0.39 is 0 Å². The highest BCUT2D eigenvalue weighted by Crippen LogP contribution is 2.18. The van der Waals surface area contributed by atoms with Crippen LogP contribution in [0.5, 0.6) is 0 Å². The minimum absolute atomic E-state index is 0.185. The molecule has 0 saturated carbocycles. The number of piperidine rings is 1. The van der Waals surface area contributed by atoms with Gasteiger partial charge in [-0.05, 0) is 30.4 Å². The second kappa shape index (κ2) is 7.27. The predicted molar refractivity (Wildman–Crippen MR) is 73.1 cm³/mol. The number of likely N-dealkylation sites (tertiary alicyclic amines) is 1. The Kier molecular flexibility index (Phi) is 6.34. The topological polar surface area (TPSA) is 40.5 Å². The van der Waals surface area contributed by atoms with E-state index in [1.54, 1.807) is 11.8 Å². The van der Waals surface area contributed by atoms with Gasteiger partial charge in [-0.25, -0.2) is 0 Å². The van der Waals surface area contributed by atoms with Gasteiger partial charge in [0.2, 0.25) is 5.91 Å². The Morgan fingerprint density at radius 3 is 2.82 bits per heavy atom. The van der Waals surface area contributed by atoms with E-state index in [0.29, 0.717) is 24.1 Å². The number of hydrogen-bond acceptors (Lipinski definition) is 3. The van der Waals surface area contributed by atoms with Crippen LogP contribution in [0.4, 0.5) is 0 Å². The average Bonchev–Trinajstić information content (AvgIpc) is 2.27. The second-order valence-electron chi connectivity index (χ2n) is 5.41. The van der Waals surface area contributed by atoms with E-state index >= 15 is 0 Å². The summed E-state index contributed by atoms with van der Waals surface area (Å²) in [5, 5.41) is 9.74. The molecule has 0 aromatic carbocycles. The molecule has 0 aliphatic carbocycles. The van der Waals surface area contributed by atoms with Gasteiger partial charge in [0, 0.05) is 13.1 Å². The minimum Gasteiger partial charge on any atom is -0.391 e. The van der Waals surface area contributed by atoms with Gasteiger partial charge in [0.25, 0.3) is 0 Å². The van der Waals surface area contributed by atoms with Crippen LogP contribution in [-0.4, -0.2) is 46.6 Å². The lowest BCUT2D eigenvalue weighted by molar-refractivity contribution is -0.132. The SMILES string of the molecule is CC(C)CCSCC(=O)N1CCC(C)C(O)C1. The number of carbonyl (C=O) groups is 1. The van der Waals surface area contributed by atoms with Crippen LogP contribution in [0.15, 0.2) is 0 Å². The summed E-state index contributed by atoms with van der Waals surface area (Å²) in [6.45, 7) is 7.77. The third-order valence-electron chi connectivity index (χ3n) is 3.34. The molecule has 1 N–H and O–H groups in total. The van der Waals surface area contributed by atoms with Gasteiger partial charge in [0.05, 0.1) is 11.9 Å². The molecule has 3 nitrogen and oxygen atoms in total. The van der Waals surface area contributed by atoms with Crippen LogP contribution in [0.1, 0.15) is 33.6 Å². The fraction of sp³-hybridized carbons (Fsp3) is 0.923. The Balaban J connectivity index is 2.19. The van der Waals surface area contributed by atoms with Crippen molar-refractivity contribution < 1.29 is 9.90 Å². The van der Waals surface area contributed by atoms with Crippen LogP contribution < -0.4 is 0 Å². The number of thioether (sulfide) groups is 1. The lowest BCUT2D eigenvalue weighted by Gasteiger charge is -2.34. The molecular formula is C13H25NO2S. The molecule has 0 aromatic rings. The number of carbonyl (C=O) groups excluding carboxylic acids is 1. The molecule has 100 valence electrons. The summed E-state index contributed by atoms with van der Waals surface area (Å²) in [5.74, 6) is 2.83. The van der Waals surface area contributed by atoms with Crippen molar-refractivity contribution in [2.45, 2.75) is 39.7 Å². The van der Waals surface area contributed by atoms with E-state index in [0.717, 1.165) is 25.1 Å². The minimum atomic E-state index is -0.339. The second-order valence-corrected chi connectivity index (χ2v) is 6.51. The molecule has 0 spiro atoms. The highest BCUT2D eigenvalue weighted by atomic mass is 32.2. The molecule has 2 unspecified atom stereocenters. The number of nitrogens with zero attached hydrogens (tertiary/aromatic N) is 1. The van der Waals surface area contributed by atoms with Gasteiger partial charge in [-0.3, -0.25) is 4.79 Å². The Labute approximate surface area is 109 Å². The number of amides is 1. The van der Waals surface area contributed by atoms with Crippen molar-refractivity contribution in [1.82, 2.24) is 4.90 Å². The normalized spacial score (nSPS) is 25.4. The first-order valence-electron chi connectivity index (χ1n) is 6.54. The summed E-state index contributed by atoms with van der Waals surface area (Å²) >= 11 is 1.71. The van der Waals surface area contributed by atoms with E-state index in [1.807, 2.05) is 11.8 Å². The highest BCUT2D eigenvalue weighted by molar-refractivity contribution is 7.99. The first kappa shape index (κ1) is 14.8. The van der Waals surface area contributed by atoms with Crippen molar-refractivity contribution >= 4 is 17.7 Å². The number of hydrogen-bond donors (Lipinski definition) is 1. The van der Waals surface area contributed by atoms with Crippen molar-refractivity contribution in [3.05, 3.63) is 0 Å². The zero-order valence-corrected chi connectivity index (χ0v) is 12.0. The van der Waals surface area contributed by atoms with Crippen molar-refractivity contribution in [3.63, 3.8) is 0 Å². The van der Waals surface area contributed by atoms with E-state index in [9.17, 15) is 9.90 Å². The maximum absolute atomic E-state index is 11.9. The van der Waals surface area contributed by atoms with Gasteiger partial charge >= 0.3 is 0 Å². The standard InChI is InChI=1S/C13H25NO2S/c1-10(2)5-7-17-9-13(16)14-6-4-11(3)12(15)8-14/h10-12,15H,4-9H2,1-3H3. The van der Waals surface area contributed by atoms with E-state index in [-0.39, 0.29) is 12.0 Å². The third-order valence-corrected chi connectivity index (χ3v) is 4.31. The average molecular weight is 259 g/mol.